The zero-order valence-corrected chi connectivity index (χ0v) is 17.7. The van der Waals surface area contributed by atoms with Crippen molar-refractivity contribution in [1.82, 2.24) is 4.57 Å². The van der Waals surface area contributed by atoms with E-state index in [-0.39, 0.29) is 12.4 Å². The van der Waals surface area contributed by atoms with Gasteiger partial charge in [0, 0.05) is 28.7 Å². The Morgan fingerprint density at radius 2 is 1.83 bits per heavy atom. The lowest BCUT2D eigenvalue weighted by Crippen LogP contribution is -2.13. The molecule has 0 bridgehead atoms. The fraction of sp³-hybridized carbons (Fsp3) is 0.182. The monoisotopic (exact) mass is 431 g/mol. The summed E-state index contributed by atoms with van der Waals surface area (Å²) in [7, 11) is 0. The van der Waals surface area contributed by atoms with Gasteiger partial charge in [0.1, 0.15) is 11.5 Å². The topological polar surface area (TPSA) is 61.4 Å². The number of esters is 1. The number of aromatic nitrogens is 1. The number of nitrogens with zero attached hydrogens (tertiary/aromatic N) is 1. The molecule has 0 amide bonds. The number of halogens is 2. The van der Waals surface area contributed by atoms with Crippen molar-refractivity contribution in [3.05, 3.63) is 81.0 Å². The van der Waals surface area contributed by atoms with E-state index in [1.807, 2.05) is 31.4 Å². The summed E-state index contributed by atoms with van der Waals surface area (Å²) >= 11 is 12.1. The smallest absolute Gasteiger partial charge is 0.331 e. The first kappa shape index (κ1) is 21.0. The molecule has 0 saturated heterocycles. The molecule has 2 aromatic heterocycles. The zero-order valence-electron chi connectivity index (χ0n) is 16.2. The van der Waals surface area contributed by atoms with Crippen LogP contribution in [0.5, 0.6) is 0 Å². The Morgan fingerprint density at radius 3 is 2.48 bits per heavy atom. The Labute approximate surface area is 178 Å². The third kappa shape index (κ3) is 4.81. The molecule has 0 radical (unpaired) electrons. The molecule has 0 atom stereocenters. The van der Waals surface area contributed by atoms with E-state index in [1.165, 1.54) is 12.2 Å². The van der Waals surface area contributed by atoms with Crippen LogP contribution in [0.15, 0.2) is 46.9 Å². The molecule has 0 aliphatic heterocycles. The summed E-state index contributed by atoms with van der Waals surface area (Å²) in [5.74, 6) is 0.368. The third-order valence-electron chi connectivity index (χ3n) is 4.38. The molecular weight excluding hydrogens is 413 g/mol. The Hall–Kier alpha value is -2.76. The van der Waals surface area contributed by atoms with Crippen molar-refractivity contribution in [3.8, 4) is 5.69 Å². The van der Waals surface area contributed by atoms with E-state index in [0.29, 0.717) is 21.4 Å². The highest BCUT2D eigenvalue weighted by molar-refractivity contribution is 6.42. The van der Waals surface area contributed by atoms with Gasteiger partial charge in [-0.05, 0) is 63.2 Å². The minimum Gasteiger partial charge on any atom is -0.462 e. The minimum atomic E-state index is -0.620. The van der Waals surface area contributed by atoms with Crippen LogP contribution in [-0.4, -0.2) is 22.9 Å². The lowest BCUT2D eigenvalue weighted by atomic mass is 10.1. The second-order valence-electron chi connectivity index (χ2n) is 6.53. The normalized spacial score (nSPS) is 11.2. The fourth-order valence-electron chi connectivity index (χ4n) is 3.02. The summed E-state index contributed by atoms with van der Waals surface area (Å²) in [5.41, 5.74) is 2.85. The predicted molar refractivity (Wildman–Crippen MR) is 113 cm³/mol. The highest BCUT2D eigenvalue weighted by atomic mass is 35.5. The van der Waals surface area contributed by atoms with E-state index in [1.54, 1.807) is 30.3 Å². The predicted octanol–water partition coefficient (Wildman–Crippen LogP) is 5.74. The molecule has 0 unspecified atom stereocenters. The van der Waals surface area contributed by atoms with Crippen LogP contribution in [0.25, 0.3) is 11.8 Å². The van der Waals surface area contributed by atoms with Gasteiger partial charge in [-0.3, -0.25) is 4.79 Å². The summed E-state index contributed by atoms with van der Waals surface area (Å²) in [6.45, 7) is 5.16. The van der Waals surface area contributed by atoms with Gasteiger partial charge in [0.25, 0.3) is 0 Å². The van der Waals surface area contributed by atoms with Gasteiger partial charge in [-0.1, -0.05) is 23.2 Å². The number of furan rings is 1. The maximum Gasteiger partial charge on any atom is 0.331 e. The van der Waals surface area contributed by atoms with Gasteiger partial charge < -0.3 is 13.7 Å². The zero-order chi connectivity index (χ0) is 21.1. The summed E-state index contributed by atoms with van der Waals surface area (Å²) < 4.78 is 12.3. The molecule has 0 fully saturated rings. The van der Waals surface area contributed by atoms with Crippen LogP contribution in [0.4, 0.5) is 0 Å². The molecular formula is C22H19Cl2NO4. The van der Waals surface area contributed by atoms with Crippen LogP contribution < -0.4 is 0 Å². The molecule has 0 saturated carbocycles. The number of Topliss-reactive ketones (excluding diaryl/α,β-unsaturated/α-hetero) is 1. The number of carbonyl (C=O) groups is 2. The van der Waals surface area contributed by atoms with Gasteiger partial charge >= 0.3 is 5.97 Å². The van der Waals surface area contributed by atoms with E-state index >= 15 is 0 Å². The number of ketones is 1. The standard InChI is InChI=1S/C22H19Cl2NO4/c1-13-10-18(15(3)25(13)16-5-8-19(23)20(24)11-16)21(26)12-28-22(27)9-7-17-6-4-14(2)29-17/h4-11H,12H2,1-3H3. The first-order valence-corrected chi connectivity index (χ1v) is 9.60. The van der Waals surface area contributed by atoms with E-state index in [0.717, 1.165) is 22.8 Å². The molecule has 5 nitrogen and oxygen atoms in total. The van der Waals surface area contributed by atoms with Crippen molar-refractivity contribution in [2.75, 3.05) is 6.61 Å². The molecule has 0 spiro atoms. The number of rotatable bonds is 6. The van der Waals surface area contributed by atoms with Crippen LogP contribution in [-0.2, 0) is 9.53 Å². The van der Waals surface area contributed by atoms with Gasteiger partial charge in [-0.2, -0.15) is 0 Å². The number of benzene rings is 1. The maximum absolute atomic E-state index is 12.6. The lowest BCUT2D eigenvalue weighted by molar-refractivity contribution is -0.136. The number of ether oxygens (including phenoxy) is 1. The van der Waals surface area contributed by atoms with Crippen LogP contribution in [0.2, 0.25) is 10.0 Å². The van der Waals surface area contributed by atoms with Gasteiger partial charge in [-0.25, -0.2) is 4.79 Å². The molecule has 29 heavy (non-hydrogen) atoms. The average Bonchev–Trinajstić information content (AvgIpc) is 3.23. The van der Waals surface area contributed by atoms with Gasteiger partial charge in [-0.15, -0.1) is 0 Å². The Morgan fingerprint density at radius 1 is 1.07 bits per heavy atom. The third-order valence-corrected chi connectivity index (χ3v) is 5.12. The molecule has 7 heteroatoms. The number of hydrogen-bond acceptors (Lipinski definition) is 4. The lowest BCUT2D eigenvalue weighted by Gasteiger charge is -2.11. The van der Waals surface area contributed by atoms with Crippen LogP contribution in [0.3, 0.4) is 0 Å². The molecule has 0 aliphatic rings. The SMILES string of the molecule is Cc1ccc(C=CC(=O)OCC(=O)c2cc(C)n(-c3ccc(Cl)c(Cl)c3)c2C)o1. The highest BCUT2D eigenvalue weighted by Crippen LogP contribution is 2.27. The Balaban J connectivity index is 1.70. The van der Waals surface area contributed by atoms with Crippen molar-refractivity contribution in [3.63, 3.8) is 0 Å². The Kier molecular flexibility index (Phi) is 6.30. The van der Waals surface area contributed by atoms with E-state index in [2.05, 4.69) is 0 Å². The van der Waals surface area contributed by atoms with E-state index < -0.39 is 5.97 Å². The molecule has 0 N–H and O–H groups in total. The van der Waals surface area contributed by atoms with Gasteiger partial charge in [0.05, 0.1) is 10.0 Å². The number of hydrogen-bond donors (Lipinski definition) is 0. The average molecular weight is 432 g/mol. The summed E-state index contributed by atoms with van der Waals surface area (Å²) in [4.78, 5) is 24.5. The van der Waals surface area contributed by atoms with Gasteiger partial charge in [0.15, 0.2) is 6.61 Å². The second kappa shape index (κ2) is 8.72. The van der Waals surface area contributed by atoms with Gasteiger partial charge in [0.2, 0.25) is 5.78 Å². The van der Waals surface area contributed by atoms with E-state index in [4.69, 9.17) is 32.4 Å². The van der Waals surface area contributed by atoms with Crippen molar-refractivity contribution < 1.29 is 18.7 Å². The fourth-order valence-corrected chi connectivity index (χ4v) is 3.31. The summed E-state index contributed by atoms with van der Waals surface area (Å²) in [5, 5.41) is 0.885. The highest BCUT2D eigenvalue weighted by Gasteiger charge is 2.18. The van der Waals surface area contributed by atoms with Crippen molar-refractivity contribution >= 4 is 41.0 Å². The van der Waals surface area contributed by atoms with Crippen molar-refractivity contribution in [1.29, 1.82) is 0 Å². The molecule has 3 rings (SSSR count). The summed E-state index contributed by atoms with van der Waals surface area (Å²) in [6.07, 6.45) is 2.72. The molecule has 150 valence electrons. The first-order valence-electron chi connectivity index (χ1n) is 8.85. The van der Waals surface area contributed by atoms with Crippen LogP contribution in [0.1, 0.15) is 33.3 Å². The van der Waals surface area contributed by atoms with Crippen LogP contribution in [0, 0.1) is 20.8 Å². The number of carbonyl (C=O) groups excluding carboxylic acids is 2. The minimum absolute atomic E-state index is 0.292. The summed E-state index contributed by atoms with van der Waals surface area (Å²) in [6, 6.07) is 10.5. The van der Waals surface area contributed by atoms with Crippen molar-refractivity contribution in [2.45, 2.75) is 20.8 Å². The first-order chi connectivity index (χ1) is 13.8. The molecule has 2 heterocycles. The molecule has 1 aromatic carbocycles. The largest absolute Gasteiger partial charge is 0.462 e. The molecule has 3 aromatic rings. The number of aryl methyl sites for hydroxylation is 2. The van der Waals surface area contributed by atoms with Crippen molar-refractivity contribution in [2.24, 2.45) is 0 Å². The second-order valence-corrected chi connectivity index (χ2v) is 7.35. The quantitative estimate of drug-likeness (QED) is 0.283. The van der Waals surface area contributed by atoms with Crippen LogP contribution >= 0.6 is 23.2 Å². The maximum atomic E-state index is 12.6. The molecule has 0 aliphatic carbocycles. The van der Waals surface area contributed by atoms with E-state index in [9.17, 15) is 9.59 Å². The Bertz CT molecular complexity index is 1110.